The molecule has 2 heterocycles. The maximum absolute atomic E-state index is 13.3. The highest BCUT2D eigenvalue weighted by molar-refractivity contribution is 5.95. The van der Waals surface area contributed by atoms with Crippen LogP contribution in [0.2, 0.25) is 0 Å². The second-order valence-electron chi connectivity index (χ2n) is 4.33. The largest absolute Gasteiger partial charge is 0.350 e. The van der Waals surface area contributed by atoms with E-state index < -0.39 is 11.8 Å². The number of rotatable bonds is 2. The molecule has 0 bridgehead atoms. The van der Waals surface area contributed by atoms with Crippen LogP contribution >= 0.6 is 0 Å². The first-order valence-corrected chi connectivity index (χ1v) is 6.13. The molecule has 1 amide bonds. The van der Waals surface area contributed by atoms with Crippen LogP contribution in [0.15, 0.2) is 36.7 Å². The van der Waals surface area contributed by atoms with Crippen LogP contribution in [-0.2, 0) is 0 Å². The number of hydrogen-bond acceptors (Lipinski definition) is 3. The standard InChI is InChI=1S/C15H10FN4O/c16-11-4-5-12-13(6-3-10-2-1-7-18-9-10)19-20(15(17)21)14(12)8-11/h1-3,5-9H,(H2,17,21). The Balaban J connectivity index is 2.11. The zero-order chi connectivity index (χ0) is 14.8. The topological polar surface area (TPSA) is 73.8 Å². The number of carbonyl (C=O) groups is 1. The van der Waals surface area contributed by atoms with Crippen LogP contribution in [0, 0.1) is 11.9 Å². The van der Waals surface area contributed by atoms with E-state index in [1.807, 2.05) is 12.1 Å². The third kappa shape index (κ3) is 2.51. The highest BCUT2D eigenvalue weighted by Crippen LogP contribution is 2.21. The Morgan fingerprint density at radius 3 is 3.00 bits per heavy atom. The van der Waals surface area contributed by atoms with Gasteiger partial charge in [-0.2, -0.15) is 9.78 Å². The van der Waals surface area contributed by atoms with E-state index in [1.165, 1.54) is 12.1 Å². The first-order valence-electron chi connectivity index (χ1n) is 6.13. The van der Waals surface area contributed by atoms with Crippen molar-refractivity contribution in [3.63, 3.8) is 0 Å². The second-order valence-corrected chi connectivity index (χ2v) is 4.33. The van der Waals surface area contributed by atoms with E-state index in [0.717, 1.165) is 10.2 Å². The Morgan fingerprint density at radius 1 is 1.43 bits per heavy atom. The molecule has 0 atom stereocenters. The maximum Gasteiger partial charge on any atom is 0.340 e. The van der Waals surface area contributed by atoms with Crippen LogP contribution in [0.3, 0.4) is 0 Å². The molecule has 0 aliphatic heterocycles. The van der Waals surface area contributed by atoms with E-state index in [2.05, 4.69) is 16.1 Å². The predicted octanol–water partition coefficient (Wildman–Crippen LogP) is 2.47. The molecule has 1 aromatic carbocycles. The molecule has 3 rings (SSSR count). The number of amides is 1. The third-order valence-corrected chi connectivity index (χ3v) is 2.93. The smallest absolute Gasteiger partial charge is 0.340 e. The third-order valence-electron chi connectivity index (χ3n) is 2.93. The van der Waals surface area contributed by atoms with Gasteiger partial charge in [-0.3, -0.25) is 4.98 Å². The van der Waals surface area contributed by atoms with Gasteiger partial charge in [0, 0.05) is 29.9 Å². The van der Waals surface area contributed by atoms with E-state index in [0.29, 0.717) is 16.6 Å². The quantitative estimate of drug-likeness (QED) is 0.784. The van der Waals surface area contributed by atoms with Crippen molar-refractivity contribution in [3.05, 3.63) is 59.8 Å². The molecule has 0 aliphatic rings. The second kappa shape index (κ2) is 5.16. The van der Waals surface area contributed by atoms with Gasteiger partial charge >= 0.3 is 6.03 Å². The molecule has 103 valence electrons. The molecule has 0 saturated carbocycles. The number of carbonyl (C=O) groups excluding carboxylic acids is 1. The number of pyridine rings is 1. The number of halogens is 1. The van der Waals surface area contributed by atoms with Crippen molar-refractivity contribution in [1.82, 2.24) is 14.8 Å². The Kier molecular flexibility index (Phi) is 3.19. The summed E-state index contributed by atoms with van der Waals surface area (Å²) in [6, 6.07) is 7.98. The van der Waals surface area contributed by atoms with Crippen molar-refractivity contribution < 1.29 is 9.18 Å². The van der Waals surface area contributed by atoms with Crippen LogP contribution in [-0.4, -0.2) is 20.8 Å². The molecule has 0 aliphatic carbocycles. The average Bonchev–Trinajstić information content (AvgIpc) is 2.84. The van der Waals surface area contributed by atoms with E-state index >= 15 is 0 Å². The van der Waals surface area contributed by atoms with Gasteiger partial charge in [0.15, 0.2) is 0 Å². The number of primary amides is 1. The summed E-state index contributed by atoms with van der Waals surface area (Å²) in [6.45, 7) is 0. The van der Waals surface area contributed by atoms with Gasteiger partial charge in [0.2, 0.25) is 0 Å². The van der Waals surface area contributed by atoms with Crippen molar-refractivity contribution in [2.75, 3.05) is 0 Å². The molecule has 6 heteroatoms. The molecule has 21 heavy (non-hydrogen) atoms. The van der Waals surface area contributed by atoms with Gasteiger partial charge in [0.1, 0.15) is 5.82 Å². The summed E-state index contributed by atoms with van der Waals surface area (Å²) < 4.78 is 14.2. The van der Waals surface area contributed by atoms with E-state index in [-0.39, 0.29) is 0 Å². The zero-order valence-corrected chi connectivity index (χ0v) is 10.8. The van der Waals surface area contributed by atoms with Crippen molar-refractivity contribution >= 4 is 29.1 Å². The Morgan fingerprint density at radius 2 is 2.29 bits per heavy atom. The van der Waals surface area contributed by atoms with Crippen LogP contribution in [0.5, 0.6) is 0 Å². The lowest BCUT2D eigenvalue weighted by molar-refractivity contribution is 0.248. The maximum atomic E-state index is 13.3. The normalized spacial score (nSPS) is 11.3. The molecule has 0 unspecified atom stereocenters. The fourth-order valence-corrected chi connectivity index (χ4v) is 1.99. The molecule has 5 nitrogen and oxygen atoms in total. The number of nitrogens with zero attached hydrogens (tertiary/aromatic N) is 3. The van der Waals surface area contributed by atoms with Crippen molar-refractivity contribution in [3.8, 4) is 0 Å². The average molecular weight is 281 g/mol. The van der Waals surface area contributed by atoms with Crippen molar-refractivity contribution in [2.24, 2.45) is 5.73 Å². The monoisotopic (exact) mass is 281 g/mol. The summed E-state index contributed by atoms with van der Waals surface area (Å²) in [7, 11) is 0. The Bertz CT molecular complexity index is 840. The fourth-order valence-electron chi connectivity index (χ4n) is 1.99. The first kappa shape index (κ1) is 13.0. The van der Waals surface area contributed by atoms with Crippen LogP contribution in [0.4, 0.5) is 9.18 Å². The molecule has 0 spiro atoms. The van der Waals surface area contributed by atoms with E-state index in [9.17, 15) is 9.18 Å². The predicted molar refractivity (Wildman–Crippen MR) is 76.7 cm³/mol. The summed E-state index contributed by atoms with van der Waals surface area (Å²) in [6.07, 6.45) is 6.87. The SMILES string of the molecule is NC(=O)n1nc(C=Cc2cccnc2)c2c[c]c(F)cc21. The first-order chi connectivity index (χ1) is 10.1. The number of fused-ring (bicyclic) bond motifs is 1. The lowest BCUT2D eigenvalue weighted by atomic mass is 10.1. The highest BCUT2D eigenvalue weighted by Gasteiger charge is 2.12. The highest BCUT2D eigenvalue weighted by atomic mass is 19.1. The molecular formula is C15H10FN4O. The van der Waals surface area contributed by atoms with Gasteiger partial charge in [-0.15, -0.1) is 0 Å². The van der Waals surface area contributed by atoms with Crippen LogP contribution < -0.4 is 5.73 Å². The number of benzene rings is 1. The van der Waals surface area contributed by atoms with Gasteiger partial charge in [-0.1, -0.05) is 12.1 Å². The molecule has 2 aromatic heterocycles. The van der Waals surface area contributed by atoms with Gasteiger partial charge in [-0.05, 0) is 23.8 Å². The number of nitrogens with two attached hydrogens (primary N) is 1. The molecule has 3 aromatic rings. The van der Waals surface area contributed by atoms with E-state index in [4.69, 9.17) is 5.73 Å². The summed E-state index contributed by atoms with van der Waals surface area (Å²) in [5.41, 5.74) is 6.94. The van der Waals surface area contributed by atoms with Crippen molar-refractivity contribution in [1.29, 1.82) is 0 Å². The summed E-state index contributed by atoms with van der Waals surface area (Å²) >= 11 is 0. The molecule has 0 saturated heterocycles. The lowest BCUT2D eigenvalue weighted by Crippen LogP contribution is -2.20. The molecule has 0 fully saturated rings. The van der Waals surface area contributed by atoms with Crippen LogP contribution in [0.1, 0.15) is 11.3 Å². The van der Waals surface area contributed by atoms with Gasteiger partial charge in [0.05, 0.1) is 11.2 Å². The van der Waals surface area contributed by atoms with Gasteiger partial charge < -0.3 is 5.73 Å². The number of hydrogen-bond donors (Lipinski definition) is 1. The summed E-state index contributed by atoms with van der Waals surface area (Å²) in [5, 5.41) is 4.69. The Hall–Kier alpha value is -3.02. The molecular weight excluding hydrogens is 271 g/mol. The van der Waals surface area contributed by atoms with Crippen LogP contribution in [0.25, 0.3) is 23.1 Å². The number of aromatic nitrogens is 3. The van der Waals surface area contributed by atoms with Crippen molar-refractivity contribution in [2.45, 2.75) is 0 Å². The summed E-state index contributed by atoms with van der Waals surface area (Å²) in [4.78, 5) is 15.4. The summed E-state index contributed by atoms with van der Waals surface area (Å²) in [5.74, 6) is -0.576. The van der Waals surface area contributed by atoms with Gasteiger partial charge in [0.25, 0.3) is 0 Å². The van der Waals surface area contributed by atoms with E-state index in [1.54, 1.807) is 24.5 Å². The zero-order valence-electron chi connectivity index (χ0n) is 10.8. The minimum Gasteiger partial charge on any atom is -0.350 e. The fraction of sp³-hybridized carbons (Fsp3) is 0. The molecule has 1 radical (unpaired) electrons. The minimum absolute atomic E-state index is 0.310. The van der Waals surface area contributed by atoms with Gasteiger partial charge in [-0.25, -0.2) is 9.18 Å². The molecule has 2 N–H and O–H groups in total. The lowest BCUT2D eigenvalue weighted by Gasteiger charge is -1.95. The Labute approximate surface area is 119 Å². The minimum atomic E-state index is -0.772.